The number of aromatic nitrogens is 1. The van der Waals surface area contributed by atoms with E-state index in [4.69, 9.17) is 4.74 Å². The molecule has 0 radical (unpaired) electrons. The minimum absolute atomic E-state index is 0.0204. The van der Waals surface area contributed by atoms with Gasteiger partial charge in [-0.05, 0) is 11.6 Å². The monoisotopic (exact) mass is 295 g/mol. The molecule has 0 saturated carbocycles. The fraction of sp³-hybridized carbons (Fsp3) is 0.167. The van der Waals surface area contributed by atoms with Gasteiger partial charge in [0, 0.05) is 23.1 Å². The Bertz CT molecular complexity index is 792. The largest absolute Gasteiger partial charge is 0.494 e. The van der Waals surface area contributed by atoms with Gasteiger partial charge in [-0.3, -0.25) is 4.79 Å². The van der Waals surface area contributed by atoms with Crippen molar-refractivity contribution >= 4 is 16.9 Å². The van der Waals surface area contributed by atoms with Crippen molar-refractivity contribution < 1.29 is 14.6 Å². The van der Waals surface area contributed by atoms with Gasteiger partial charge < -0.3 is 14.8 Å². The minimum Gasteiger partial charge on any atom is -0.494 e. The maximum absolute atomic E-state index is 11.3. The maximum atomic E-state index is 11.3. The van der Waals surface area contributed by atoms with Crippen LogP contribution in [0.2, 0.25) is 0 Å². The standard InChI is InChI=1S/C18H17NO3/c1-22-18-14(8-7-13-9-10-19-17(13)18)15(11-16(20)21)12-5-3-2-4-6-12/h2-10,15,19H,11H2,1H3,(H,20,21). The summed E-state index contributed by atoms with van der Waals surface area (Å²) in [7, 11) is 1.61. The molecule has 3 rings (SSSR count). The van der Waals surface area contributed by atoms with Crippen LogP contribution in [0.5, 0.6) is 5.75 Å². The molecule has 0 aliphatic carbocycles. The molecule has 4 nitrogen and oxygen atoms in total. The molecule has 0 bridgehead atoms. The first-order valence-electron chi connectivity index (χ1n) is 7.11. The van der Waals surface area contributed by atoms with E-state index in [1.807, 2.05) is 54.7 Å². The lowest BCUT2D eigenvalue weighted by atomic mass is 9.87. The van der Waals surface area contributed by atoms with Gasteiger partial charge in [-0.25, -0.2) is 0 Å². The molecule has 0 aliphatic heterocycles. The number of ether oxygens (including phenoxy) is 1. The van der Waals surface area contributed by atoms with Crippen molar-refractivity contribution in [1.82, 2.24) is 4.98 Å². The SMILES string of the molecule is COc1c(C(CC(=O)O)c2ccccc2)ccc2cc[nH]c12. The summed E-state index contributed by atoms with van der Waals surface area (Å²) in [5.41, 5.74) is 2.74. The van der Waals surface area contributed by atoms with Gasteiger partial charge in [0.1, 0.15) is 5.75 Å². The summed E-state index contributed by atoms with van der Waals surface area (Å²) >= 11 is 0. The average molecular weight is 295 g/mol. The first kappa shape index (κ1) is 14.2. The molecular weight excluding hydrogens is 278 g/mol. The van der Waals surface area contributed by atoms with Crippen molar-refractivity contribution in [2.75, 3.05) is 7.11 Å². The van der Waals surface area contributed by atoms with E-state index in [-0.39, 0.29) is 12.3 Å². The Morgan fingerprint density at radius 1 is 1.18 bits per heavy atom. The van der Waals surface area contributed by atoms with E-state index < -0.39 is 5.97 Å². The summed E-state index contributed by atoms with van der Waals surface area (Å²) in [6.45, 7) is 0. The van der Waals surface area contributed by atoms with Crippen LogP contribution >= 0.6 is 0 Å². The number of carboxylic acid groups (broad SMARTS) is 1. The summed E-state index contributed by atoms with van der Waals surface area (Å²) in [6.07, 6.45) is 1.87. The second-order valence-corrected chi connectivity index (χ2v) is 5.19. The minimum atomic E-state index is -0.831. The van der Waals surface area contributed by atoms with Crippen LogP contribution in [0, 0.1) is 0 Å². The second kappa shape index (κ2) is 5.93. The first-order valence-corrected chi connectivity index (χ1v) is 7.11. The zero-order chi connectivity index (χ0) is 15.5. The summed E-state index contributed by atoms with van der Waals surface area (Å²) in [5, 5.41) is 10.3. The Hall–Kier alpha value is -2.75. The van der Waals surface area contributed by atoms with Crippen LogP contribution in [0.3, 0.4) is 0 Å². The number of hydrogen-bond acceptors (Lipinski definition) is 2. The number of rotatable bonds is 5. The fourth-order valence-corrected chi connectivity index (χ4v) is 2.88. The van der Waals surface area contributed by atoms with E-state index >= 15 is 0 Å². The highest BCUT2D eigenvalue weighted by Crippen LogP contribution is 2.38. The number of aliphatic carboxylic acids is 1. The normalized spacial score (nSPS) is 12.2. The van der Waals surface area contributed by atoms with E-state index in [1.54, 1.807) is 7.11 Å². The molecule has 1 aromatic heterocycles. The summed E-state index contributed by atoms with van der Waals surface area (Å²) < 4.78 is 5.58. The zero-order valence-corrected chi connectivity index (χ0v) is 12.2. The highest BCUT2D eigenvalue weighted by atomic mass is 16.5. The van der Waals surface area contributed by atoms with Gasteiger partial charge >= 0.3 is 5.97 Å². The van der Waals surface area contributed by atoms with Crippen molar-refractivity contribution in [2.24, 2.45) is 0 Å². The summed E-state index contributed by atoms with van der Waals surface area (Å²) in [5.74, 6) is -0.374. The lowest BCUT2D eigenvalue weighted by Crippen LogP contribution is -2.09. The molecule has 0 amide bonds. The third-order valence-electron chi connectivity index (χ3n) is 3.87. The van der Waals surface area contributed by atoms with Gasteiger partial charge in [0.05, 0.1) is 19.0 Å². The molecule has 2 aromatic carbocycles. The number of nitrogens with one attached hydrogen (secondary N) is 1. The quantitative estimate of drug-likeness (QED) is 0.753. The molecule has 2 N–H and O–H groups in total. The number of H-pyrrole nitrogens is 1. The number of methoxy groups -OCH3 is 1. The molecule has 0 aliphatic rings. The summed E-state index contributed by atoms with van der Waals surface area (Å²) in [4.78, 5) is 14.5. The number of carboxylic acids is 1. The van der Waals surface area contributed by atoms with Crippen LogP contribution in [0.1, 0.15) is 23.5 Å². The Balaban J connectivity index is 2.17. The Morgan fingerprint density at radius 3 is 2.64 bits per heavy atom. The molecule has 4 heteroatoms. The van der Waals surface area contributed by atoms with Gasteiger partial charge in [0.2, 0.25) is 0 Å². The van der Waals surface area contributed by atoms with Crippen molar-refractivity contribution in [1.29, 1.82) is 0 Å². The third kappa shape index (κ3) is 2.55. The highest BCUT2D eigenvalue weighted by Gasteiger charge is 2.23. The summed E-state index contributed by atoms with van der Waals surface area (Å²) in [6, 6.07) is 15.6. The molecule has 1 unspecified atom stereocenters. The van der Waals surface area contributed by atoms with Crippen LogP contribution in [0.4, 0.5) is 0 Å². The number of hydrogen-bond donors (Lipinski definition) is 2. The number of benzene rings is 2. The van der Waals surface area contributed by atoms with Crippen LogP contribution in [-0.4, -0.2) is 23.2 Å². The molecule has 112 valence electrons. The topological polar surface area (TPSA) is 62.3 Å². The molecule has 1 atom stereocenters. The molecule has 0 fully saturated rings. The highest BCUT2D eigenvalue weighted by molar-refractivity contribution is 5.87. The molecule has 0 spiro atoms. The average Bonchev–Trinajstić information content (AvgIpc) is 3.01. The molecule has 22 heavy (non-hydrogen) atoms. The van der Waals surface area contributed by atoms with E-state index in [0.717, 1.165) is 22.0 Å². The second-order valence-electron chi connectivity index (χ2n) is 5.19. The van der Waals surface area contributed by atoms with E-state index in [0.29, 0.717) is 5.75 Å². The molecular formula is C18H17NO3. The van der Waals surface area contributed by atoms with Gasteiger partial charge in [0.15, 0.2) is 0 Å². The lowest BCUT2D eigenvalue weighted by Gasteiger charge is -2.19. The first-order chi connectivity index (χ1) is 10.7. The van der Waals surface area contributed by atoms with Gasteiger partial charge in [0.25, 0.3) is 0 Å². The van der Waals surface area contributed by atoms with E-state index in [9.17, 15) is 9.90 Å². The van der Waals surface area contributed by atoms with Gasteiger partial charge in [-0.15, -0.1) is 0 Å². The van der Waals surface area contributed by atoms with Crippen LogP contribution in [-0.2, 0) is 4.79 Å². The Labute approximate surface area is 128 Å². The smallest absolute Gasteiger partial charge is 0.304 e. The van der Waals surface area contributed by atoms with E-state index in [2.05, 4.69) is 4.98 Å². The fourth-order valence-electron chi connectivity index (χ4n) is 2.88. The molecule has 3 aromatic rings. The number of carbonyl (C=O) groups is 1. The van der Waals surface area contributed by atoms with Gasteiger partial charge in [-0.1, -0.05) is 42.5 Å². The van der Waals surface area contributed by atoms with E-state index in [1.165, 1.54) is 0 Å². The van der Waals surface area contributed by atoms with Crippen LogP contribution < -0.4 is 4.74 Å². The van der Waals surface area contributed by atoms with Crippen LogP contribution in [0.15, 0.2) is 54.7 Å². The van der Waals surface area contributed by atoms with Crippen molar-refractivity contribution in [2.45, 2.75) is 12.3 Å². The predicted molar refractivity (Wildman–Crippen MR) is 85.4 cm³/mol. The predicted octanol–water partition coefficient (Wildman–Crippen LogP) is 3.78. The van der Waals surface area contributed by atoms with Crippen LogP contribution in [0.25, 0.3) is 10.9 Å². The lowest BCUT2D eigenvalue weighted by molar-refractivity contribution is -0.137. The Kier molecular flexibility index (Phi) is 3.83. The molecule has 1 heterocycles. The maximum Gasteiger partial charge on any atom is 0.304 e. The third-order valence-corrected chi connectivity index (χ3v) is 3.87. The van der Waals surface area contributed by atoms with Crippen molar-refractivity contribution in [3.8, 4) is 5.75 Å². The zero-order valence-electron chi connectivity index (χ0n) is 12.2. The van der Waals surface area contributed by atoms with Gasteiger partial charge in [-0.2, -0.15) is 0 Å². The molecule has 0 saturated heterocycles. The van der Waals surface area contributed by atoms with Crippen molar-refractivity contribution in [3.05, 3.63) is 65.9 Å². The van der Waals surface area contributed by atoms with Crippen molar-refractivity contribution in [3.63, 3.8) is 0 Å². The number of fused-ring (bicyclic) bond motifs is 1. The Morgan fingerprint density at radius 2 is 1.95 bits per heavy atom. The number of aromatic amines is 1.